The summed E-state index contributed by atoms with van der Waals surface area (Å²) in [6.07, 6.45) is 0. The summed E-state index contributed by atoms with van der Waals surface area (Å²) in [6, 6.07) is 13.3. The number of hydrogen-bond acceptors (Lipinski definition) is 5. The summed E-state index contributed by atoms with van der Waals surface area (Å²) in [5.74, 6) is 0.141. The van der Waals surface area contributed by atoms with Gasteiger partial charge in [0.05, 0.1) is 8.95 Å². The van der Waals surface area contributed by atoms with Gasteiger partial charge in [0.2, 0.25) is 0 Å². The maximum absolute atomic E-state index is 12.9. The molecule has 3 aromatic carbocycles. The largest absolute Gasteiger partial charge is 1.00 e. The van der Waals surface area contributed by atoms with Crippen molar-refractivity contribution in [1.82, 2.24) is 0 Å². The van der Waals surface area contributed by atoms with E-state index in [1.807, 2.05) is 0 Å². The van der Waals surface area contributed by atoms with Gasteiger partial charge in [-0.05, 0) is 98.3 Å². The fourth-order valence-corrected chi connectivity index (χ4v) is 6.23. The zero-order valence-electron chi connectivity index (χ0n) is 16.4. The second-order valence-electron chi connectivity index (χ2n) is 6.96. The van der Waals surface area contributed by atoms with E-state index in [2.05, 4.69) is 31.9 Å². The first-order valence-electron chi connectivity index (χ1n) is 8.62. The van der Waals surface area contributed by atoms with E-state index in [1.165, 1.54) is 6.07 Å². The zero-order chi connectivity index (χ0) is 21.1. The van der Waals surface area contributed by atoms with Gasteiger partial charge in [0.1, 0.15) is 16.4 Å². The van der Waals surface area contributed by atoms with Gasteiger partial charge in [0, 0.05) is 5.56 Å². The molecule has 150 valence electrons. The molecule has 0 fully saturated rings. The quantitative estimate of drug-likeness (QED) is 0.370. The second kappa shape index (κ2) is 8.24. The van der Waals surface area contributed by atoms with Crippen molar-refractivity contribution in [2.75, 3.05) is 0 Å². The number of aryl methyl sites for hydroxylation is 2. The van der Waals surface area contributed by atoms with Crippen LogP contribution >= 0.6 is 31.9 Å². The molecule has 1 aliphatic rings. The fraction of sp³-hybridized carbons (Fsp3) is 0.143. The van der Waals surface area contributed by atoms with Crippen LogP contribution in [0.3, 0.4) is 0 Å². The summed E-state index contributed by atoms with van der Waals surface area (Å²) in [5, 5.41) is 20.4. The minimum atomic E-state index is -4.04. The molecule has 5 nitrogen and oxygen atoms in total. The molecule has 2 N–H and O–H groups in total. The molecule has 30 heavy (non-hydrogen) atoms. The average molecular weight is 563 g/mol. The third-order valence-corrected chi connectivity index (χ3v) is 7.66. The zero-order valence-corrected chi connectivity index (χ0v) is 22.4. The summed E-state index contributed by atoms with van der Waals surface area (Å²) < 4.78 is 32.6. The maximum atomic E-state index is 12.9. The van der Waals surface area contributed by atoms with Gasteiger partial charge in [0.25, 0.3) is 10.1 Å². The standard InChI is InChI=1S/C21H16Br2O5S.Na/c1-11-7-13(9-16(22)19(11)24)21(14-8-12(2)20(25)17(23)10-14)15-5-3-4-6-18(15)29(26,27)28-21;/h3-10,24-25H,1-2H3;/q;+1. The molecule has 0 aliphatic carbocycles. The van der Waals surface area contributed by atoms with Crippen molar-refractivity contribution in [3.63, 3.8) is 0 Å². The van der Waals surface area contributed by atoms with E-state index in [0.29, 0.717) is 36.8 Å². The smallest absolute Gasteiger partial charge is 0.506 e. The van der Waals surface area contributed by atoms with Crippen LogP contribution in [0.15, 0.2) is 62.4 Å². The molecular formula is C21H16Br2NaO5S+. The predicted octanol–water partition coefficient (Wildman–Crippen LogP) is 2.25. The summed E-state index contributed by atoms with van der Waals surface area (Å²) in [6.45, 7) is 3.45. The summed E-state index contributed by atoms with van der Waals surface area (Å²) in [4.78, 5) is 0.0868. The van der Waals surface area contributed by atoms with Gasteiger partial charge in [-0.15, -0.1) is 0 Å². The second-order valence-corrected chi connectivity index (χ2v) is 10.2. The van der Waals surface area contributed by atoms with Gasteiger partial charge in [0.15, 0.2) is 5.60 Å². The predicted molar refractivity (Wildman–Crippen MR) is 116 cm³/mol. The summed E-state index contributed by atoms with van der Waals surface area (Å²) in [5.41, 5.74) is 1.18. The maximum Gasteiger partial charge on any atom is 1.00 e. The van der Waals surface area contributed by atoms with Crippen LogP contribution in [0.4, 0.5) is 0 Å². The molecule has 3 aromatic rings. The Hall–Kier alpha value is -0.870. The Morgan fingerprint density at radius 2 is 1.33 bits per heavy atom. The number of rotatable bonds is 2. The molecule has 1 aliphatic heterocycles. The number of hydrogen-bond donors (Lipinski definition) is 2. The third-order valence-electron chi connectivity index (χ3n) is 5.09. The van der Waals surface area contributed by atoms with Crippen molar-refractivity contribution in [3.05, 3.63) is 85.3 Å². The first-order valence-corrected chi connectivity index (χ1v) is 11.6. The van der Waals surface area contributed by atoms with Crippen LogP contribution in [0.2, 0.25) is 0 Å². The van der Waals surface area contributed by atoms with Gasteiger partial charge in [-0.3, -0.25) is 0 Å². The SMILES string of the molecule is Cc1cc(C2(c3cc(C)c(O)c(Br)c3)OS(=O)(=O)c3ccccc32)cc(Br)c1O.[Na+]. The Bertz CT molecular complexity index is 1170. The van der Waals surface area contributed by atoms with E-state index < -0.39 is 15.7 Å². The number of fused-ring (bicyclic) bond motifs is 1. The van der Waals surface area contributed by atoms with Gasteiger partial charge >= 0.3 is 29.6 Å². The molecule has 9 heteroatoms. The minimum absolute atomic E-state index is 0. The van der Waals surface area contributed by atoms with E-state index in [0.717, 1.165) is 0 Å². The number of phenols is 2. The molecule has 0 atom stereocenters. The molecule has 0 bridgehead atoms. The number of aromatic hydroxyl groups is 2. The Morgan fingerprint density at radius 1 is 0.867 bits per heavy atom. The molecule has 4 rings (SSSR count). The molecule has 1 heterocycles. The monoisotopic (exact) mass is 561 g/mol. The van der Waals surface area contributed by atoms with Gasteiger partial charge < -0.3 is 10.2 Å². The minimum Gasteiger partial charge on any atom is -0.506 e. The first kappa shape index (κ1) is 23.8. The molecule has 0 saturated heterocycles. The Morgan fingerprint density at radius 3 is 1.80 bits per heavy atom. The topological polar surface area (TPSA) is 83.8 Å². The van der Waals surface area contributed by atoms with Crippen LogP contribution in [0.1, 0.15) is 27.8 Å². The van der Waals surface area contributed by atoms with E-state index in [4.69, 9.17) is 4.18 Å². The third kappa shape index (κ3) is 3.56. The van der Waals surface area contributed by atoms with Crippen molar-refractivity contribution in [1.29, 1.82) is 0 Å². The van der Waals surface area contributed by atoms with Crippen molar-refractivity contribution >= 4 is 42.0 Å². The van der Waals surface area contributed by atoms with E-state index >= 15 is 0 Å². The van der Waals surface area contributed by atoms with E-state index in [9.17, 15) is 18.6 Å². The normalized spacial score (nSPS) is 16.0. The number of benzene rings is 3. The fourth-order valence-electron chi connectivity index (χ4n) is 3.68. The molecule has 0 unspecified atom stereocenters. The van der Waals surface area contributed by atoms with Gasteiger partial charge in [-0.2, -0.15) is 8.42 Å². The summed E-state index contributed by atoms with van der Waals surface area (Å²) in [7, 11) is -4.04. The molecule has 0 amide bonds. The molecule has 0 radical (unpaired) electrons. The summed E-state index contributed by atoms with van der Waals surface area (Å²) >= 11 is 6.69. The van der Waals surface area contributed by atoms with Crippen molar-refractivity contribution in [2.45, 2.75) is 24.3 Å². The van der Waals surface area contributed by atoms with Crippen molar-refractivity contribution in [2.24, 2.45) is 0 Å². The van der Waals surface area contributed by atoms with Crippen LogP contribution in [0.25, 0.3) is 0 Å². The molecule has 0 spiro atoms. The van der Waals surface area contributed by atoms with Crippen LogP contribution in [0, 0.1) is 13.8 Å². The number of phenolic OH excluding ortho intramolecular Hbond substituents is 2. The molecule has 0 saturated carbocycles. The van der Waals surface area contributed by atoms with E-state index in [-0.39, 0.29) is 46.0 Å². The molecule has 0 aromatic heterocycles. The first-order chi connectivity index (χ1) is 13.6. The van der Waals surface area contributed by atoms with Crippen molar-refractivity contribution in [3.8, 4) is 11.5 Å². The number of halogens is 2. The van der Waals surface area contributed by atoms with Crippen LogP contribution in [0.5, 0.6) is 11.5 Å². The van der Waals surface area contributed by atoms with Crippen LogP contribution in [-0.4, -0.2) is 18.6 Å². The van der Waals surface area contributed by atoms with Crippen LogP contribution < -0.4 is 29.6 Å². The Labute approximate surface area is 213 Å². The van der Waals surface area contributed by atoms with Crippen LogP contribution in [-0.2, 0) is 19.9 Å². The van der Waals surface area contributed by atoms with Gasteiger partial charge in [-0.1, -0.05) is 18.2 Å². The van der Waals surface area contributed by atoms with Crippen molar-refractivity contribution < 1.29 is 52.4 Å². The van der Waals surface area contributed by atoms with Gasteiger partial charge in [-0.25, -0.2) is 4.18 Å². The molecular weight excluding hydrogens is 547 g/mol. The van der Waals surface area contributed by atoms with E-state index in [1.54, 1.807) is 56.3 Å². The average Bonchev–Trinajstić information content (AvgIpc) is 2.92. The Balaban J connectivity index is 0.00000256. The Kier molecular flexibility index (Phi) is 6.53.